The number of hydrogen-bond acceptors (Lipinski definition) is 2. The maximum atomic E-state index is 5.92. The molecule has 1 atom stereocenters. The summed E-state index contributed by atoms with van der Waals surface area (Å²) in [4.78, 5) is 0. The Morgan fingerprint density at radius 3 is 3.00 bits per heavy atom. The highest BCUT2D eigenvalue weighted by Crippen LogP contribution is 2.30. The average molecular weight is 200 g/mol. The van der Waals surface area contributed by atoms with Crippen molar-refractivity contribution in [2.24, 2.45) is 5.73 Å². The lowest BCUT2D eigenvalue weighted by Gasteiger charge is -2.22. The molecule has 72 valence electrons. The van der Waals surface area contributed by atoms with Crippen LogP contribution in [0.5, 0.6) is 5.75 Å². The summed E-state index contributed by atoms with van der Waals surface area (Å²) >= 11 is 0. The first-order chi connectivity index (χ1) is 5.77. The lowest BCUT2D eigenvalue weighted by atomic mass is 10.0. The number of hydrogen-bond donors (Lipinski definition) is 1. The van der Waals surface area contributed by atoms with E-state index in [1.165, 1.54) is 5.56 Å². The van der Waals surface area contributed by atoms with Gasteiger partial charge in [0, 0.05) is 18.0 Å². The van der Waals surface area contributed by atoms with E-state index in [4.69, 9.17) is 10.5 Å². The first-order valence-corrected chi connectivity index (χ1v) is 4.26. The summed E-state index contributed by atoms with van der Waals surface area (Å²) in [5, 5.41) is 0. The molecule has 0 radical (unpaired) electrons. The van der Waals surface area contributed by atoms with E-state index in [9.17, 15) is 0 Å². The molecule has 0 aliphatic carbocycles. The SMILES string of the molecule is Cc1ccc2c(c1)OCC[C@@H]2N.Cl. The number of benzene rings is 1. The molecule has 2 N–H and O–H groups in total. The smallest absolute Gasteiger partial charge is 0.124 e. The molecule has 0 unspecified atom stereocenters. The first-order valence-electron chi connectivity index (χ1n) is 4.26. The van der Waals surface area contributed by atoms with Gasteiger partial charge in [-0.15, -0.1) is 12.4 Å². The molecule has 0 saturated carbocycles. The number of rotatable bonds is 0. The zero-order valence-electron chi connectivity index (χ0n) is 7.62. The maximum Gasteiger partial charge on any atom is 0.124 e. The Balaban J connectivity index is 0.000000845. The molecular weight excluding hydrogens is 186 g/mol. The van der Waals surface area contributed by atoms with E-state index in [1.54, 1.807) is 0 Å². The Hall–Kier alpha value is -0.730. The van der Waals surface area contributed by atoms with Crippen molar-refractivity contribution in [2.75, 3.05) is 6.61 Å². The molecule has 0 aromatic heterocycles. The minimum atomic E-state index is 0. The Bertz CT molecular complexity index is 301. The van der Waals surface area contributed by atoms with Gasteiger partial charge < -0.3 is 10.5 Å². The van der Waals surface area contributed by atoms with Crippen LogP contribution >= 0.6 is 12.4 Å². The van der Waals surface area contributed by atoms with E-state index in [-0.39, 0.29) is 18.4 Å². The third-order valence-electron chi connectivity index (χ3n) is 2.25. The Morgan fingerprint density at radius 1 is 1.46 bits per heavy atom. The van der Waals surface area contributed by atoms with Crippen LogP contribution < -0.4 is 10.5 Å². The van der Waals surface area contributed by atoms with Crippen molar-refractivity contribution < 1.29 is 4.74 Å². The number of halogens is 1. The minimum Gasteiger partial charge on any atom is -0.493 e. The number of aryl methyl sites for hydroxylation is 1. The second-order valence-electron chi connectivity index (χ2n) is 3.28. The summed E-state index contributed by atoms with van der Waals surface area (Å²) < 4.78 is 5.49. The van der Waals surface area contributed by atoms with E-state index in [2.05, 4.69) is 19.1 Å². The number of ether oxygens (including phenoxy) is 1. The number of fused-ring (bicyclic) bond motifs is 1. The molecule has 1 aliphatic rings. The van der Waals surface area contributed by atoms with Crippen molar-refractivity contribution in [3.63, 3.8) is 0 Å². The van der Waals surface area contributed by atoms with Crippen molar-refractivity contribution in [2.45, 2.75) is 19.4 Å². The lowest BCUT2D eigenvalue weighted by Crippen LogP contribution is -2.20. The second-order valence-corrected chi connectivity index (χ2v) is 3.28. The van der Waals surface area contributed by atoms with Crippen LogP contribution in [0.3, 0.4) is 0 Å². The maximum absolute atomic E-state index is 5.92. The number of nitrogens with two attached hydrogens (primary N) is 1. The fourth-order valence-electron chi connectivity index (χ4n) is 1.52. The van der Waals surface area contributed by atoms with Crippen LogP contribution in [0.15, 0.2) is 18.2 Å². The van der Waals surface area contributed by atoms with Crippen LogP contribution in [0.2, 0.25) is 0 Å². The molecule has 0 bridgehead atoms. The van der Waals surface area contributed by atoms with E-state index < -0.39 is 0 Å². The summed E-state index contributed by atoms with van der Waals surface area (Å²) in [7, 11) is 0. The molecule has 1 aliphatic heterocycles. The molecule has 3 heteroatoms. The third-order valence-corrected chi connectivity index (χ3v) is 2.25. The standard InChI is InChI=1S/C10H13NO.ClH/c1-7-2-3-8-9(11)4-5-12-10(8)6-7;/h2-3,6,9H,4-5,11H2,1H3;1H/t9-;/m0./s1. The second kappa shape index (κ2) is 3.99. The zero-order chi connectivity index (χ0) is 8.55. The van der Waals surface area contributed by atoms with Gasteiger partial charge in [-0.25, -0.2) is 0 Å². The van der Waals surface area contributed by atoms with E-state index in [0.717, 1.165) is 24.3 Å². The van der Waals surface area contributed by atoms with Crippen LogP contribution in [-0.4, -0.2) is 6.61 Å². The highest BCUT2D eigenvalue weighted by Gasteiger charge is 2.16. The summed E-state index contributed by atoms with van der Waals surface area (Å²) in [6, 6.07) is 6.35. The van der Waals surface area contributed by atoms with Gasteiger partial charge in [0.25, 0.3) is 0 Å². The molecule has 2 nitrogen and oxygen atoms in total. The van der Waals surface area contributed by atoms with Gasteiger partial charge in [0.1, 0.15) is 5.75 Å². The summed E-state index contributed by atoms with van der Waals surface area (Å²) in [6.07, 6.45) is 0.927. The van der Waals surface area contributed by atoms with E-state index >= 15 is 0 Å². The topological polar surface area (TPSA) is 35.2 Å². The van der Waals surface area contributed by atoms with Gasteiger partial charge in [-0.05, 0) is 18.6 Å². The molecule has 0 saturated heterocycles. The van der Waals surface area contributed by atoms with Crippen molar-refractivity contribution in [3.8, 4) is 5.75 Å². The highest BCUT2D eigenvalue weighted by molar-refractivity contribution is 5.85. The van der Waals surface area contributed by atoms with Gasteiger partial charge >= 0.3 is 0 Å². The predicted molar refractivity (Wildman–Crippen MR) is 55.5 cm³/mol. The van der Waals surface area contributed by atoms with Gasteiger partial charge in [0.05, 0.1) is 6.61 Å². The Morgan fingerprint density at radius 2 is 2.23 bits per heavy atom. The monoisotopic (exact) mass is 199 g/mol. The molecule has 1 aromatic rings. The fourth-order valence-corrected chi connectivity index (χ4v) is 1.52. The van der Waals surface area contributed by atoms with Gasteiger partial charge in [0.15, 0.2) is 0 Å². The molecule has 0 amide bonds. The fraction of sp³-hybridized carbons (Fsp3) is 0.400. The zero-order valence-corrected chi connectivity index (χ0v) is 8.43. The van der Waals surface area contributed by atoms with Gasteiger partial charge in [-0.3, -0.25) is 0 Å². The molecule has 13 heavy (non-hydrogen) atoms. The first kappa shape index (κ1) is 10.4. The third kappa shape index (κ3) is 1.95. The highest BCUT2D eigenvalue weighted by atomic mass is 35.5. The van der Waals surface area contributed by atoms with E-state index in [1.807, 2.05) is 6.07 Å². The summed E-state index contributed by atoms with van der Waals surface area (Å²) in [5.41, 5.74) is 8.29. The molecule has 2 rings (SSSR count). The quantitative estimate of drug-likeness (QED) is 0.696. The average Bonchev–Trinajstić information content (AvgIpc) is 2.04. The van der Waals surface area contributed by atoms with Crippen LogP contribution in [-0.2, 0) is 0 Å². The Labute approximate surface area is 84.5 Å². The molecule has 1 aromatic carbocycles. The van der Waals surface area contributed by atoms with Crippen LogP contribution in [0.4, 0.5) is 0 Å². The summed E-state index contributed by atoms with van der Waals surface area (Å²) in [6.45, 7) is 2.81. The van der Waals surface area contributed by atoms with Crippen molar-refractivity contribution in [1.29, 1.82) is 0 Å². The van der Waals surface area contributed by atoms with Crippen LogP contribution in [0.25, 0.3) is 0 Å². The largest absolute Gasteiger partial charge is 0.493 e. The molecule has 0 spiro atoms. The van der Waals surface area contributed by atoms with Gasteiger partial charge in [0.2, 0.25) is 0 Å². The van der Waals surface area contributed by atoms with Crippen LogP contribution in [0.1, 0.15) is 23.6 Å². The van der Waals surface area contributed by atoms with Gasteiger partial charge in [-0.1, -0.05) is 12.1 Å². The van der Waals surface area contributed by atoms with Gasteiger partial charge in [-0.2, -0.15) is 0 Å². The van der Waals surface area contributed by atoms with Crippen molar-refractivity contribution >= 4 is 12.4 Å². The van der Waals surface area contributed by atoms with Crippen LogP contribution in [0, 0.1) is 6.92 Å². The summed E-state index contributed by atoms with van der Waals surface area (Å²) in [5.74, 6) is 0.966. The van der Waals surface area contributed by atoms with E-state index in [0.29, 0.717) is 0 Å². The molecule has 0 fully saturated rings. The Kier molecular flexibility index (Phi) is 3.17. The van der Waals surface area contributed by atoms with Crippen molar-refractivity contribution in [1.82, 2.24) is 0 Å². The normalized spacial score (nSPS) is 19.7. The minimum absolute atomic E-state index is 0. The predicted octanol–water partition coefficient (Wildman–Crippen LogP) is 2.20. The van der Waals surface area contributed by atoms with Crippen molar-refractivity contribution in [3.05, 3.63) is 29.3 Å². The molecule has 1 heterocycles. The molecular formula is C10H14ClNO. The lowest BCUT2D eigenvalue weighted by molar-refractivity contribution is 0.269.